The Morgan fingerprint density at radius 2 is 2.14 bits per heavy atom. The number of morpholine rings is 1. The summed E-state index contributed by atoms with van der Waals surface area (Å²) in [6, 6.07) is 0. The molecular formula is C9H17NO3S. The van der Waals surface area contributed by atoms with Gasteiger partial charge in [-0.25, -0.2) is 8.42 Å². The fraction of sp³-hybridized carbons (Fsp3) is 0.778. The highest BCUT2D eigenvalue weighted by molar-refractivity contribution is 7.92. The molecule has 0 aromatic heterocycles. The third kappa shape index (κ3) is 2.56. The zero-order valence-corrected chi connectivity index (χ0v) is 9.67. The minimum absolute atomic E-state index is 0.0755. The molecule has 82 valence electrons. The minimum Gasteiger partial charge on any atom is -0.370 e. The number of rotatable bonds is 2. The summed E-state index contributed by atoms with van der Waals surface area (Å²) in [5.41, 5.74) is -0.423. The van der Waals surface area contributed by atoms with Gasteiger partial charge >= 0.3 is 0 Å². The molecule has 4 nitrogen and oxygen atoms in total. The molecule has 0 N–H and O–H groups in total. The van der Waals surface area contributed by atoms with Crippen molar-refractivity contribution in [3.63, 3.8) is 0 Å². The van der Waals surface area contributed by atoms with E-state index in [-0.39, 0.29) is 6.10 Å². The van der Waals surface area contributed by atoms with Crippen molar-refractivity contribution in [3.8, 4) is 0 Å². The van der Waals surface area contributed by atoms with Crippen LogP contribution in [0.5, 0.6) is 0 Å². The molecular weight excluding hydrogens is 202 g/mol. The van der Waals surface area contributed by atoms with Gasteiger partial charge in [0.2, 0.25) is 10.0 Å². The summed E-state index contributed by atoms with van der Waals surface area (Å²) in [7, 11) is -3.31. The molecule has 0 radical (unpaired) electrons. The largest absolute Gasteiger partial charge is 0.370 e. The van der Waals surface area contributed by atoms with Crippen LogP contribution in [-0.4, -0.2) is 37.5 Å². The first-order valence-electron chi connectivity index (χ1n) is 4.57. The Hall–Kier alpha value is -0.390. The van der Waals surface area contributed by atoms with E-state index in [0.29, 0.717) is 13.1 Å². The summed E-state index contributed by atoms with van der Waals surface area (Å²) in [5.74, 6) is 0. The standard InChI is InChI=1S/C9H17NO3S/c1-5-14(11,12)10-6-8(2)13-9(3,4)7-10/h5,8H,1,6-7H2,2-4H3. The van der Waals surface area contributed by atoms with E-state index >= 15 is 0 Å². The van der Waals surface area contributed by atoms with Crippen LogP contribution in [0.2, 0.25) is 0 Å². The molecule has 0 saturated carbocycles. The first kappa shape index (κ1) is 11.7. The van der Waals surface area contributed by atoms with Gasteiger partial charge in [-0.05, 0) is 20.8 Å². The number of hydrogen-bond acceptors (Lipinski definition) is 3. The van der Waals surface area contributed by atoms with Gasteiger partial charge in [0.15, 0.2) is 0 Å². The second-order valence-electron chi connectivity index (χ2n) is 4.19. The zero-order valence-electron chi connectivity index (χ0n) is 8.86. The molecule has 1 fully saturated rings. The Morgan fingerprint density at radius 3 is 2.57 bits per heavy atom. The van der Waals surface area contributed by atoms with Gasteiger partial charge in [-0.2, -0.15) is 4.31 Å². The van der Waals surface area contributed by atoms with Gasteiger partial charge in [0.25, 0.3) is 0 Å². The maximum absolute atomic E-state index is 11.5. The molecule has 0 spiro atoms. The molecule has 1 rings (SSSR count). The molecule has 5 heteroatoms. The van der Waals surface area contributed by atoms with Crippen LogP contribution >= 0.6 is 0 Å². The lowest BCUT2D eigenvalue weighted by Crippen LogP contribution is -2.53. The van der Waals surface area contributed by atoms with E-state index in [4.69, 9.17) is 4.74 Å². The third-order valence-electron chi connectivity index (χ3n) is 2.11. The van der Waals surface area contributed by atoms with E-state index in [0.717, 1.165) is 5.41 Å². The molecule has 14 heavy (non-hydrogen) atoms. The number of hydrogen-bond donors (Lipinski definition) is 0. The smallest absolute Gasteiger partial charge is 0.235 e. The van der Waals surface area contributed by atoms with E-state index in [1.54, 1.807) is 0 Å². The van der Waals surface area contributed by atoms with Crippen LogP contribution in [0, 0.1) is 0 Å². The van der Waals surface area contributed by atoms with Crippen molar-refractivity contribution in [1.82, 2.24) is 4.31 Å². The molecule has 0 bridgehead atoms. The molecule has 0 aromatic carbocycles. The van der Waals surface area contributed by atoms with Crippen LogP contribution in [0.3, 0.4) is 0 Å². The van der Waals surface area contributed by atoms with Gasteiger partial charge in [-0.1, -0.05) is 6.58 Å². The Bertz CT molecular complexity index is 321. The summed E-state index contributed by atoms with van der Waals surface area (Å²) in [6.07, 6.45) is -0.0755. The predicted molar refractivity (Wildman–Crippen MR) is 55.3 cm³/mol. The van der Waals surface area contributed by atoms with Crippen LogP contribution < -0.4 is 0 Å². The Balaban J connectivity index is 2.88. The Labute approximate surface area is 85.6 Å². The first-order chi connectivity index (χ1) is 6.27. The lowest BCUT2D eigenvalue weighted by atomic mass is 10.1. The van der Waals surface area contributed by atoms with E-state index in [1.807, 2.05) is 20.8 Å². The van der Waals surface area contributed by atoms with Crippen LogP contribution in [0.15, 0.2) is 12.0 Å². The summed E-state index contributed by atoms with van der Waals surface area (Å²) >= 11 is 0. The van der Waals surface area contributed by atoms with Crippen molar-refractivity contribution < 1.29 is 13.2 Å². The van der Waals surface area contributed by atoms with E-state index in [9.17, 15) is 8.42 Å². The summed E-state index contributed by atoms with van der Waals surface area (Å²) < 4.78 is 30.1. The number of sulfonamides is 1. The predicted octanol–water partition coefficient (Wildman–Crippen LogP) is 0.959. The van der Waals surface area contributed by atoms with Crippen LogP contribution in [-0.2, 0) is 14.8 Å². The highest BCUT2D eigenvalue weighted by Gasteiger charge is 2.35. The fourth-order valence-corrected chi connectivity index (χ4v) is 2.81. The minimum atomic E-state index is -3.31. The quantitative estimate of drug-likeness (QED) is 0.695. The van der Waals surface area contributed by atoms with Gasteiger partial charge < -0.3 is 4.74 Å². The first-order valence-corrected chi connectivity index (χ1v) is 6.07. The second kappa shape index (κ2) is 3.64. The molecule has 1 unspecified atom stereocenters. The molecule has 1 atom stereocenters. The maximum atomic E-state index is 11.5. The zero-order chi connectivity index (χ0) is 11.0. The van der Waals surface area contributed by atoms with Gasteiger partial charge in [0, 0.05) is 18.5 Å². The van der Waals surface area contributed by atoms with Crippen molar-refractivity contribution in [2.24, 2.45) is 0 Å². The van der Waals surface area contributed by atoms with Crippen molar-refractivity contribution >= 4 is 10.0 Å². The van der Waals surface area contributed by atoms with Crippen LogP contribution in [0.4, 0.5) is 0 Å². The molecule has 0 aromatic rings. The molecule has 1 saturated heterocycles. The van der Waals surface area contributed by atoms with E-state index in [1.165, 1.54) is 4.31 Å². The van der Waals surface area contributed by atoms with Gasteiger partial charge in [0.05, 0.1) is 11.7 Å². The van der Waals surface area contributed by atoms with Gasteiger partial charge in [0.1, 0.15) is 0 Å². The highest BCUT2D eigenvalue weighted by Crippen LogP contribution is 2.23. The molecule has 1 heterocycles. The van der Waals surface area contributed by atoms with Crippen molar-refractivity contribution in [2.75, 3.05) is 13.1 Å². The average Bonchev–Trinajstić information content (AvgIpc) is 2.00. The molecule has 1 aliphatic heterocycles. The summed E-state index contributed by atoms with van der Waals surface area (Å²) in [6.45, 7) is 9.73. The summed E-state index contributed by atoms with van der Waals surface area (Å²) in [4.78, 5) is 0. The second-order valence-corrected chi connectivity index (χ2v) is 6.07. The van der Waals surface area contributed by atoms with Crippen molar-refractivity contribution in [3.05, 3.63) is 12.0 Å². The Kier molecular flexibility index (Phi) is 3.04. The SMILES string of the molecule is C=CS(=O)(=O)N1CC(C)OC(C)(C)C1. The maximum Gasteiger partial charge on any atom is 0.235 e. The number of nitrogens with zero attached hydrogens (tertiary/aromatic N) is 1. The topological polar surface area (TPSA) is 46.6 Å². The average molecular weight is 219 g/mol. The van der Waals surface area contributed by atoms with Crippen molar-refractivity contribution in [1.29, 1.82) is 0 Å². The highest BCUT2D eigenvalue weighted by atomic mass is 32.2. The Morgan fingerprint density at radius 1 is 1.57 bits per heavy atom. The van der Waals surface area contributed by atoms with Crippen LogP contribution in [0.25, 0.3) is 0 Å². The molecule has 0 amide bonds. The lowest BCUT2D eigenvalue weighted by Gasteiger charge is -2.40. The number of ether oxygens (including phenoxy) is 1. The van der Waals surface area contributed by atoms with Gasteiger partial charge in [-0.15, -0.1) is 0 Å². The van der Waals surface area contributed by atoms with Crippen LogP contribution in [0.1, 0.15) is 20.8 Å². The third-order valence-corrected chi connectivity index (χ3v) is 3.53. The fourth-order valence-electron chi connectivity index (χ4n) is 1.69. The summed E-state index contributed by atoms with van der Waals surface area (Å²) in [5, 5.41) is 0.987. The van der Waals surface area contributed by atoms with Gasteiger partial charge in [-0.3, -0.25) is 0 Å². The van der Waals surface area contributed by atoms with E-state index < -0.39 is 15.6 Å². The molecule has 0 aliphatic carbocycles. The van der Waals surface area contributed by atoms with Crippen molar-refractivity contribution in [2.45, 2.75) is 32.5 Å². The normalized spacial score (nSPS) is 28.6. The lowest BCUT2D eigenvalue weighted by molar-refractivity contribution is -0.109. The monoisotopic (exact) mass is 219 g/mol. The van der Waals surface area contributed by atoms with E-state index in [2.05, 4.69) is 6.58 Å². The molecule has 1 aliphatic rings.